The summed E-state index contributed by atoms with van der Waals surface area (Å²) in [5.74, 6) is 1.14. The first-order valence-electron chi connectivity index (χ1n) is 8.31. The molecule has 1 atom stereocenters. The molecule has 0 bridgehead atoms. The zero-order chi connectivity index (χ0) is 18.7. The maximum Gasteiger partial charge on any atom is 0.246 e. The molecular weight excluding hydrogens is 328 g/mol. The summed E-state index contributed by atoms with van der Waals surface area (Å²) in [6.07, 6.45) is 6.83. The highest BCUT2D eigenvalue weighted by Crippen LogP contribution is 2.32. The number of methoxy groups -OCH3 is 1. The van der Waals surface area contributed by atoms with E-state index < -0.39 is 0 Å². The van der Waals surface area contributed by atoms with E-state index in [1.54, 1.807) is 43.5 Å². The highest BCUT2D eigenvalue weighted by atomic mass is 16.5. The Bertz CT molecular complexity index is 944. The summed E-state index contributed by atoms with van der Waals surface area (Å²) < 4.78 is 5.39. The van der Waals surface area contributed by atoms with E-state index in [0.29, 0.717) is 5.82 Å². The lowest BCUT2D eigenvalue weighted by Gasteiger charge is -2.23. The molecular formula is C20H22N4O2. The van der Waals surface area contributed by atoms with Crippen LogP contribution in [0.15, 0.2) is 48.8 Å². The van der Waals surface area contributed by atoms with E-state index in [4.69, 9.17) is 10.5 Å². The number of likely N-dealkylation sites (N-methyl/N-ethyl adjacent to an activating group) is 1. The first-order valence-corrected chi connectivity index (χ1v) is 8.31. The van der Waals surface area contributed by atoms with Crippen molar-refractivity contribution in [2.45, 2.75) is 13.0 Å². The summed E-state index contributed by atoms with van der Waals surface area (Å²) in [7, 11) is 3.43. The minimum absolute atomic E-state index is 0.0911. The number of aromatic amines is 1. The van der Waals surface area contributed by atoms with Crippen LogP contribution in [0, 0.1) is 0 Å². The maximum atomic E-state index is 12.5. The number of rotatable bonds is 5. The third-order valence-corrected chi connectivity index (χ3v) is 4.54. The summed E-state index contributed by atoms with van der Waals surface area (Å²) in [5, 5.41) is 1.04. The van der Waals surface area contributed by atoms with E-state index in [9.17, 15) is 4.79 Å². The van der Waals surface area contributed by atoms with Crippen LogP contribution in [0.1, 0.15) is 24.1 Å². The molecule has 6 nitrogen and oxygen atoms in total. The van der Waals surface area contributed by atoms with Gasteiger partial charge in [0.15, 0.2) is 0 Å². The second-order valence-electron chi connectivity index (χ2n) is 6.10. The number of nitrogens with zero attached hydrogens (tertiary/aromatic N) is 2. The number of hydrogen-bond acceptors (Lipinski definition) is 4. The van der Waals surface area contributed by atoms with Gasteiger partial charge < -0.3 is 20.4 Å². The maximum absolute atomic E-state index is 12.5. The number of benzene rings is 1. The van der Waals surface area contributed by atoms with Crippen molar-refractivity contribution in [3.63, 3.8) is 0 Å². The second-order valence-corrected chi connectivity index (χ2v) is 6.10. The van der Waals surface area contributed by atoms with Crippen molar-refractivity contribution in [1.82, 2.24) is 14.9 Å². The highest BCUT2D eigenvalue weighted by Gasteiger charge is 2.19. The lowest BCUT2D eigenvalue weighted by molar-refractivity contribution is -0.126. The third-order valence-electron chi connectivity index (χ3n) is 4.54. The Morgan fingerprint density at radius 3 is 2.85 bits per heavy atom. The topological polar surface area (TPSA) is 84.2 Å². The van der Waals surface area contributed by atoms with Crippen molar-refractivity contribution in [2.75, 3.05) is 19.9 Å². The Morgan fingerprint density at radius 1 is 1.35 bits per heavy atom. The van der Waals surface area contributed by atoms with Gasteiger partial charge in [0.25, 0.3) is 0 Å². The standard InChI is InChI=1S/C20H22N4O2/c1-13(16-12-23-20-15(16)5-4-6-17(20)26-3)24(2)19(25)10-8-14-7-9-18(21)22-11-14/h4-13,23H,1-3H3,(H2,21,22)/b10-8+. The fourth-order valence-corrected chi connectivity index (χ4v) is 2.86. The largest absolute Gasteiger partial charge is 0.495 e. The Hall–Kier alpha value is -3.28. The van der Waals surface area contributed by atoms with Gasteiger partial charge in [-0.1, -0.05) is 12.1 Å². The second kappa shape index (κ2) is 7.31. The van der Waals surface area contributed by atoms with E-state index in [-0.39, 0.29) is 11.9 Å². The number of aromatic nitrogens is 2. The van der Waals surface area contributed by atoms with Gasteiger partial charge in [-0.25, -0.2) is 4.98 Å². The number of ether oxygens (including phenoxy) is 1. The van der Waals surface area contributed by atoms with Gasteiger partial charge in [-0.2, -0.15) is 0 Å². The summed E-state index contributed by atoms with van der Waals surface area (Å²) in [4.78, 5) is 21.5. The van der Waals surface area contributed by atoms with Gasteiger partial charge in [0, 0.05) is 30.9 Å². The molecule has 0 aliphatic rings. The number of amides is 1. The first kappa shape index (κ1) is 17.5. The average Bonchev–Trinajstić information content (AvgIpc) is 3.10. The fraction of sp³-hybridized carbons (Fsp3) is 0.200. The molecule has 2 aromatic heterocycles. The van der Waals surface area contributed by atoms with Gasteiger partial charge >= 0.3 is 0 Å². The smallest absolute Gasteiger partial charge is 0.246 e. The zero-order valence-electron chi connectivity index (χ0n) is 15.1. The molecule has 0 saturated carbocycles. The molecule has 0 saturated heterocycles. The van der Waals surface area contributed by atoms with Crippen LogP contribution in [-0.2, 0) is 4.79 Å². The normalized spacial score (nSPS) is 12.4. The van der Waals surface area contributed by atoms with Crippen molar-refractivity contribution in [3.8, 4) is 5.75 Å². The Balaban J connectivity index is 1.80. The number of nitrogen functional groups attached to an aromatic ring is 1. The summed E-state index contributed by atoms with van der Waals surface area (Å²) in [5.41, 5.74) is 8.36. The molecule has 3 rings (SSSR count). The van der Waals surface area contributed by atoms with Crippen LogP contribution < -0.4 is 10.5 Å². The molecule has 134 valence electrons. The number of carbonyl (C=O) groups excluding carboxylic acids is 1. The number of pyridine rings is 1. The summed E-state index contributed by atoms with van der Waals surface area (Å²) >= 11 is 0. The molecule has 0 fully saturated rings. The monoisotopic (exact) mass is 350 g/mol. The number of fused-ring (bicyclic) bond motifs is 1. The predicted octanol–water partition coefficient (Wildman–Crippen LogP) is 3.39. The molecule has 1 aromatic carbocycles. The molecule has 0 spiro atoms. The van der Waals surface area contributed by atoms with Crippen LogP contribution in [0.2, 0.25) is 0 Å². The van der Waals surface area contributed by atoms with E-state index in [0.717, 1.165) is 27.8 Å². The van der Waals surface area contributed by atoms with E-state index in [1.165, 1.54) is 0 Å². The quantitative estimate of drug-likeness (QED) is 0.691. The molecule has 3 N–H and O–H groups in total. The minimum Gasteiger partial charge on any atom is -0.495 e. The Morgan fingerprint density at radius 2 is 2.15 bits per heavy atom. The first-order chi connectivity index (χ1) is 12.5. The van der Waals surface area contributed by atoms with Crippen LogP contribution in [-0.4, -0.2) is 34.9 Å². The van der Waals surface area contributed by atoms with Crippen molar-refractivity contribution >= 4 is 28.7 Å². The number of para-hydroxylation sites is 1. The number of H-pyrrole nitrogens is 1. The summed E-state index contributed by atoms with van der Waals surface area (Å²) in [6.45, 7) is 2.00. The van der Waals surface area contributed by atoms with Gasteiger partial charge in [-0.15, -0.1) is 0 Å². The lowest BCUT2D eigenvalue weighted by atomic mass is 10.1. The summed E-state index contributed by atoms with van der Waals surface area (Å²) in [6, 6.07) is 9.30. The molecule has 1 amide bonds. The molecule has 3 aromatic rings. The molecule has 0 aliphatic carbocycles. The third kappa shape index (κ3) is 3.39. The van der Waals surface area contributed by atoms with E-state index >= 15 is 0 Å². The molecule has 26 heavy (non-hydrogen) atoms. The van der Waals surface area contributed by atoms with Gasteiger partial charge in [0.2, 0.25) is 5.91 Å². The number of anilines is 1. The molecule has 1 unspecified atom stereocenters. The Kier molecular flexibility index (Phi) is 4.93. The number of carbonyl (C=O) groups is 1. The predicted molar refractivity (Wildman–Crippen MR) is 104 cm³/mol. The van der Waals surface area contributed by atoms with Gasteiger partial charge in [-0.3, -0.25) is 4.79 Å². The van der Waals surface area contributed by atoms with Crippen molar-refractivity contribution in [2.24, 2.45) is 0 Å². The number of hydrogen-bond donors (Lipinski definition) is 2. The number of nitrogens with two attached hydrogens (primary N) is 1. The van der Waals surface area contributed by atoms with E-state index in [1.807, 2.05) is 37.4 Å². The van der Waals surface area contributed by atoms with Crippen LogP contribution >= 0.6 is 0 Å². The highest BCUT2D eigenvalue weighted by molar-refractivity contribution is 5.93. The van der Waals surface area contributed by atoms with Gasteiger partial charge in [-0.05, 0) is 42.3 Å². The Labute approximate surface area is 152 Å². The molecule has 0 aliphatic heterocycles. The molecule has 6 heteroatoms. The van der Waals surface area contributed by atoms with Crippen LogP contribution in [0.3, 0.4) is 0 Å². The minimum atomic E-state index is -0.0995. The van der Waals surface area contributed by atoms with Crippen LogP contribution in [0.25, 0.3) is 17.0 Å². The number of nitrogens with one attached hydrogen (secondary N) is 1. The SMILES string of the molecule is COc1cccc2c(C(C)N(C)C(=O)/C=C/c3ccc(N)nc3)c[nH]c12. The zero-order valence-corrected chi connectivity index (χ0v) is 15.1. The molecule has 2 heterocycles. The van der Waals surface area contributed by atoms with Gasteiger partial charge in [0.1, 0.15) is 11.6 Å². The van der Waals surface area contributed by atoms with Crippen molar-refractivity contribution < 1.29 is 9.53 Å². The van der Waals surface area contributed by atoms with Crippen molar-refractivity contribution in [1.29, 1.82) is 0 Å². The molecule has 0 radical (unpaired) electrons. The lowest BCUT2D eigenvalue weighted by Crippen LogP contribution is -2.27. The van der Waals surface area contributed by atoms with Crippen molar-refractivity contribution in [3.05, 3.63) is 59.9 Å². The van der Waals surface area contributed by atoms with Gasteiger partial charge in [0.05, 0.1) is 18.7 Å². The van der Waals surface area contributed by atoms with E-state index in [2.05, 4.69) is 9.97 Å². The average molecular weight is 350 g/mol. The fourth-order valence-electron chi connectivity index (χ4n) is 2.86. The van der Waals surface area contributed by atoms with Crippen LogP contribution in [0.4, 0.5) is 5.82 Å². The van der Waals surface area contributed by atoms with Crippen LogP contribution in [0.5, 0.6) is 5.75 Å².